The molecule has 0 bridgehead atoms. The van der Waals surface area contributed by atoms with Crippen LogP contribution in [0, 0.1) is 0 Å². The van der Waals surface area contributed by atoms with Crippen molar-refractivity contribution in [1.29, 1.82) is 0 Å². The van der Waals surface area contributed by atoms with Crippen molar-refractivity contribution in [1.82, 2.24) is 5.32 Å². The van der Waals surface area contributed by atoms with Gasteiger partial charge in [0.2, 0.25) is 5.91 Å². The minimum Gasteiger partial charge on any atom is -0.389 e. The number of unbranched alkanes of at least 4 members (excludes halogenated alkanes) is 1. The molecule has 0 saturated carbocycles. The highest BCUT2D eigenvalue weighted by molar-refractivity contribution is 9.09. The number of aliphatic hydroxyl groups is 1. The molecule has 0 saturated heterocycles. The first-order chi connectivity index (χ1) is 6.70. The number of hydrogen-bond acceptors (Lipinski definition) is 3. The average molecular weight is 268 g/mol. The van der Waals surface area contributed by atoms with E-state index in [0.717, 1.165) is 18.2 Å². The van der Waals surface area contributed by atoms with Crippen molar-refractivity contribution < 1.29 is 14.6 Å². The zero-order chi connectivity index (χ0) is 10.8. The summed E-state index contributed by atoms with van der Waals surface area (Å²) in [6, 6.07) is 0. The monoisotopic (exact) mass is 267 g/mol. The molecule has 1 atom stereocenters. The fourth-order valence-electron chi connectivity index (χ4n) is 0.951. The zero-order valence-corrected chi connectivity index (χ0v) is 10.0. The Morgan fingerprint density at radius 2 is 2.29 bits per heavy atom. The van der Waals surface area contributed by atoms with Gasteiger partial charge in [-0.25, -0.2) is 0 Å². The molecule has 14 heavy (non-hydrogen) atoms. The van der Waals surface area contributed by atoms with Crippen LogP contribution in [0.1, 0.15) is 19.3 Å². The number of halogens is 1. The summed E-state index contributed by atoms with van der Waals surface area (Å²) in [4.78, 5) is 11.1. The second kappa shape index (κ2) is 9.43. The summed E-state index contributed by atoms with van der Waals surface area (Å²) >= 11 is 3.29. The van der Waals surface area contributed by atoms with Crippen LogP contribution in [0.5, 0.6) is 0 Å². The molecule has 0 heterocycles. The second-order valence-electron chi connectivity index (χ2n) is 3.06. The molecule has 5 heteroatoms. The van der Waals surface area contributed by atoms with Crippen molar-refractivity contribution in [3.05, 3.63) is 0 Å². The molecule has 1 unspecified atom stereocenters. The Labute approximate surface area is 93.1 Å². The van der Waals surface area contributed by atoms with Crippen LogP contribution in [0.3, 0.4) is 0 Å². The number of nitrogens with one attached hydrogen (secondary N) is 1. The maximum absolute atomic E-state index is 11.1. The zero-order valence-electron chi connectivity index (χ0n) is 8.46. The standard InChI is InChI=1S/C9H18BrNO3/c1-14-7-8(12)6-11-9(13)4-2-3-5-10/h8,12H,2-7H2,1H3,(H,11,13). The smallest absolute Gasteiger partial charge is 0.220 e. The van der Waals surface area contributed by atoms with Gasteiger partial charge in [-0.15, -0.1) is 0 Å². The van der Waals surface area contributed by atoms with E-state index in [9.17, 15) is 9.90 Å². The molecule has 0 spiro atoms. The molecule has 2 N–H and O–H groups in total. The van der Waals surface area contributed by atoms with Crippen LogP contribution in [-0.4, -0.2) is 42.7 Å². The van der Waals surface area contributed by atoms with Crippen molar-refractivity contribution in [2.75, 3.05) is 25.6 Å². The SMILES string of the molecule is COCC(O)CNC(=O)CCCCBr. The van der Waals surface area contributed by atoms with Crippen molar-refractivity contribution in [3.63, 3.8) is 0 Å². The second-order valence-corrected chi connectivity index (χ2v) is 3.85. The van der Waals surface area contributed by atoms with Crippen LogP contribution in [0.2, 0.25) is 0 Å². The third-order valence-corrected chi connectivity index (χ3v) is 2.24. The lowest BCUT2D eigenvalue weighted by atomic mass is 10.2. The maximum atomic E-state index is 11.1. The number of carbonyl (C=O) groups is 1. The van der Waals surface area contributed by atoms with Crippen molar-refractivity contribution >= 4 is 21.8 Å². The van der Waals surface area contributed by atoms with E-state index in [2.05, 4.69) is 21.2 Å². The summed E-state index contributed by atoms with van der Waals surface area (Å²) in [5, 5.41) is 12.8. The topological polar surface area (TPSA) is 58.6 Å². The number of ether oxygens (including phenoxy) is 1. The average Bonchev–Trinajstić information content (AvgIpc) is 2.16. The van der Waals surface area contributed by atoms with E-state index in [1.807, 2.05) is 0 Å². The van der Waals surface area contributed by atoms with Gasteiger partial charge in [0.25, 0.3) is 0 Å². The summed E-state index contributed by atoms with van der Waals surface area (Å²) in [5.41, 5.74) is 0. The lowest BCUT2D eigenvalue weighted by Gasteiger charge is -2.10. The van der Waals surface area contributed by atoms with Crippen LogP contribution >= 0.6 is 15.9 Å². The number of rotatable bonds is 8. The van der Waals surface area contributed by atoms with Crippen molar-refractivity contribution in [2.24, 2.45) is 0 Å². The normalized spacial score (nSPS) is 12.5. The Morgan fingerprint density at radius 1 is 1.57 bits per heavy atom. The van der Waals surface area contributed by atoms with Crippen LogP contribution in [0.4, 0.5) is 0 Å². The fraction of sp³-hybridized carbons (Fsp3) is 0.889. The Kier molecular flexibility index (Phi) is 9.34. The van der Waals surface area contributed by atoms with Gasteiger partial charge in [-0.3, -0.25) is 4.79 Å². The summed E-state index contributed by atoms with van der Waals surface area (Å²) in [6.07, 6.45) is 1.77. The van der Waals surface area contributed by atoms with E-state index in [1.165, 1.54) is 7.11 Å². The molecule has 0 aliphatic heterocycles. The largest absolute Gasteiger partial charge is 0.389 e. The molecule has 0 aromatic rings. The Morgan fingerprint density at radius 3 is 2.86 bits per heavy atom. The van der Waals surface area contributed by atoms with Crippen LogP contribution in [0.15, 0.2) is 0 Å². The summed E-state index contributed by atoms with van der Waals surface area (Å²) < 4.78 is 4.73. The van der Waals surface area contributed by atoms with Gasteiger partial charge < -0.3 is 15.2 Å². The Bertz CT molecular complexity index is 155. The molecule has 0 rings (SSSR count). The van der Waals surface area contributed by atoms with Gasteiger partial charge in [-0.1, -0.05) is 15.9 Å². The maximum Gasteiger partial charge on any atom is 0.220 e. The molecule has 84 valence electrons. The summed E-state index contributed by atoms with van der Waals surface area (Å²) in [5.74, 6) is -0.0129. The number of hydrogen-bond donors (Lipinski definition) is 2. The molecule has 0 aliphatic rings. The molecule has 0 fully saturated rings. The van der Waals surface area contributed by atoms with E-state index in [-0.39, 0.29) is 19.1 Å². The molecule has 0 radical (unpaired) electrons. The number of methoxy groups -OCH3 is 1. The number of aliphatic hydroxyl groups excluding tert-OH is 1. The number of alkyl halides is 1. The van der Waals surface area contributed by atoms with E-state index >= 15 is 0 Å². The lowest BCUT2D eigenvalue weighted by Crippen LogP contribution is -2.34. The highest BCUT2D eigenvalue weighted by Gasteiger charge is 2.05. The first-order valence-electron chi connectivity index (χ1n) is 4.70. The summed E-state index contributed by atoms with van der Waals surface area (Å²) in [7, 11) is 1.51. The van der Waals surface area contributed by atoms with Crippen LogP contribution < -0.4 is 5.32 Å². The van der Waals surface area contributed by atoms with E-state index in [0.29, 0.717) is 6.42 Å². The van der Waals surface area contributed by atoms with Crippen molar-refractivity contribution in [3.8, 4) is 0 Å². The third kappa shape index (κ3) is 8.47. The van der Waals surface area contributed by atoms with Crippen molar-refractivity contribution in [2.45, 2.75) is 25.4 Å². The Balaban J connectivity index is 3.34. The van der Waals surface area contributed by atoms with Gasteiger partial charge in [0.1, 0.15) is 0 Å². The predicted octanol–water partition coefficient (Wildman–Crippen LogP) is 0.675. The molecular weight excluding hydrogens is 250 g/mol. The van der Waals surface area contributed by atoms with Gasteiger partial charge in [0, 0.05) is 25.4 Å². The highest BCUT2D eigenvalue weighted by Crippen LogP contribution is 1.98. The van der Waals surface area contributed by atoms with Gasteiger partial charge >= 0.3 is 0 Å². The molecule has 0 aliphatic carbocycles. The van der Waals surface area contributed by atoms with Gasteiger partial charge in [0.15, 0.2) is 0 Å². The first kappa shape index (κ1) is 13.9. The lowest BCUT2D eigenvalue weighted by molar-refractivity contribution is -0.121. The summed E-state index contributed by atoms with van der Waals surface area (Å²) in [6.45, 7) is 0.517. The molecule has 4 nitrogen and oxygen atoms in total. The highest BCUT2D eigenvalue weighted by atomic mass is 79.9. The number of amides is 1. The molecule has 0 aromatic carbocycles. The molecule has 0 aromatic heterocycles. The Hall–Kier alpha value is -0.130. The van der Waals surface area contributed by atoms with E-state index in [1.54, 1.807) is 0 Å². The molecule has 1 amide bonds. The molecular formula is C9H18BrNO3. The quantitative estimate of drug-likeness (QED) is 0.502. The first-order valence-corrected chi connectivity index (χ1v) is 5.82. The van der Waals surface area contributed by atoms with Gasteiger partial charge in [-0.05, 0) is 12.8 Å². The van der Waals surface area contributed by atoms with Gasteiger partial charge in [-0.2, -0.15) is 0 Å². The van der Waals surface area contributed by atoms with Gasteiger partial charge in [0.05, 0.1) is 12.7 Å². The van der Waals surface area contributed by atoms with Crippen LogP contribution in [0.25, 0.3) is 0 Å². The minimum absolute atomic E-state index is 0.0129. The van der Waals surface area contributed by atoms with E-state index in [4.69, 9.17) is 4.74 Å². The number of carbonyl (C=O) groups excluding carboxylic acids is 1. The minimum atomic E-state index is -0.611. The van der Waals surface area contributed by atoms with E-state index < -0.39 is 6.10 Å². The third-order valence-electron chi connectivity index (χ3n) is 1.68. The fourth-order valence-corrected chi connectivity index (χ4v) is 1.35. The van der Waals surface area contributed by atoms with Crippen LogP contribution in [-0.2, 0) is 9.53 Å². The predicted molar refractivity (Wildman–Crippen MR) is 58.5 cm³/mol.